The van der Waals surface area contributed by atoms with Crippen LogP contribution in [0.1, 0.15) is 5.56 Å². The number of non-ortho nitro benzene ring substituents is 1. The topological polar surface area (TPSA) is 124 Å². The molecule has 14 heteroatoms. The maximum absolute atomic E-state index is 13.6. The third kappa shape index (κ3) is 3.82. The van der Waals surface area contributed by atoms with E-state index in [1.54, 1.807) is 22.7 Å². The standard InChI is InChI=1S/C22H12ClFN8O2SSe/c1-10-16-18(27-12-4-7-15(24)14(23)8-12)25-9-26-21(16)36-17(10)20-30-31-19(28-29-22(31)35-20)11-2-5-13(6-3-11)32(33)34/h2-9H,1H3,(H,25,26,27). The number of rotatable bonds is 5. The second kappa shape index (κ2) is 8.71. The molecule has 0 spiro atoms. The molecule has 0 atom stereocenters. The van der Waals surface area contributed by atoms with Gasteiger partial charge in [-0.05, 0) is 0 Å². The van der Waals surface area contributed by atoms with E-state index in [2.05, 4.69) is 25.5 Å². The molecule has 10 nitrogen and oxygen atoms in total. The number of aryl methyl sites for hydroxylation is 1. The average molecular weight is 586 g/mol. The summed E-state index contributed by atoms with van der Waals surface area (Å²) in [6.45, 7) is 1.99. The molecule has 0 bridgehead atoms. The van der Waals surface area contributed by atoms with Crippen LogP contribution in [-0.4, -0.2) is 49.2 Å². The fraction of sp³-hybridized carbons (Fsp3) is 0.0455. The van der Waals surface area contributed by atoms with Crippen LogP contribution in [0.15, 0.2) is 48.8 Å². The van der Waals surface area contributed by atoms with Gasteiger partial charge in [0, 0.05) is 0 Å². The molecular weight excluding hydrogens is 574 g/mol. The van der Waals surface area contributed by atoms with Crippen molar-refractivity contribution in [2.24, 2.45) is 0 Å². The number of nitro benzene ring substituents is 1. The quantitative estimate of drug-likeness (QED) is 0.165. The Kier molecular flexibility index (Phi) is 5.49. The average Bonchev–Trinajstić information content (AvgIpc) is 3.55. The van der Waals surface area contributed by atoms with E-state index < -0.39 is 10.7 Å². The number of halogens is 2. The first-order valence-electron chi connectivity index (χ1n) is 10.3. The summed E-state index contributed by atoms with van der Waals surface area (Å²) in [4.78, 5) is 20.0. The molecule has 0 aliphatic carbocycles. The van der Waals surface area contributed by atoms with Crippen molar-refractivity contribution < 1.29 is 9.31 Å². The first kappa shape index (κ1) is 22.7. The summed E-state index contributed by atoms with van der Waals surface area (Å²) in [7, 11) is 0. The van der Waals surface area contributed by atoms with Crippen LogP contribution in [0.4, 0.5) is 21.6 Å². The molecule has 0 fully saturated rings. The molecule has 0 unspecified atom stereocenters. The van der Waals surface area contributed by atoms with Gasteiger partial charge < -0.3 is 0 Å². The van der Waals surface area contributed by atoms with E-state index >= 15 is 0 Å². The van der Waals surface area contributed by atoms with Gasteiger partial charge in [0.15, 0.2) is 0 Å². The Bertz CT molecular complexity index is 1800. The van der Waals surface area contributed by atoms with Gasteiger partial charge in [0.05, 0.1) is 0 Å². The van der Waals surface area contributed by atoms with Gasteiger partial charge in [-0.3, -0.25) is 0 Å². The molecule has 1 N–H and O–H groups in total. The summed E-state index contributed by atoms with van der Waals surface area (Å²) in [6, 6.07) is 10.5. The number of nitro groups is 1. The molecule has 0 amide bonds. The van der Waals surface area contributed by atoms with Crippen LogP contribution in [0, 0.1) is 22.9 Å². The molecule has 6 rings (SSSR count). The Hall–Kier alpha value is -3.77. The number of benzene rings is 2. The van der Waals surface area contributed by atoms with E-state index in [4.69, 9.17) is 16.7 Å². The summed E-state index contributed by atoms with van der Waals surface area (Å²) >= 11 is 7.21. The Balaban J connectivity index is 1.40. The van der Waals surface area contributed by atoms with Crippen LogP contribution in [0.2, 0.25) is 5.02 Å². The minimum atomic E-state index is -0.492. The predicted octanol–water partition coefficient (Wildman–Crippen LogP) is 5.27. The van der Waals surface area contributed by atoms with E-state index in [1.165, 1.54) is 41.9 Å². The summed E-state index contributed by atoms with van der Waals surface area (Å²) in [5.74, 6) is 0.610. The van der Waals surface area contributed by atoms with Crippen LogP contribution >= 0.6 is 22.9 Å². The first-order chi connectivity index (χ1) is 17.4. The molecule has 0 saturated heterocycles. The van der Waals surface area contributed by atoms with Crippen LogP contribution in [0.25, 0.3) is 35.6 Å². The molecule has 4 heterocycles. The number of hydrogen-bond acceptors (Lipinski definition) is 9. The van der Waals surface area contributed by atoms with E-state index in [1.807, 2.05) is 6.92 Å². The van der Waals surface area contributed by atoms with Gasteiger partial charge in [-0.25, -0.2) is 0 Å². The van der Waals surface area contributed by atoms with Crippen molar-refractivity contribution in [1.82, 2.24) is 29.8 Å². The summed E-state index contributed by atoms with van der Waals surface area (Å²) in [5, 5.41) is 29.1. The fourth-order valence-electron chi connectivity index (χ4n) is 3.70. The Morgan fingerprint density at radius 3 is 2.72 bits per heavy atom. The normalized spacial score (nSPS) is 11.4. The summed E-state index contributed by atoms with van der Waals surface area (Å²) < 4.78 is 17.2. The zero-order valence-electron chi connectivity index (χ0n) is 18.1. The van der Waals surface area contributed by atoms with Gasteiger partial charge in [0.2, 0.25) is 0 Å². The zero-order chi connectivity index (χ0) is 25.0. The van der Waals surface area contributed by atoms with Crippen molar-refractivity contribution in [3.63, 3.8) is 0 Å². The van der Waals surface area contributed by atoms with Gasteiger partial charge in [-0.1, -0.05) is 0 Å². The summed E-state index contributed by atoms with van der Waals surface area (Å²) in [5.41, 5.74) is 2.27. The SMILES string of the molecule is Cc1c(-c2nn3c(-c4ccc([N+](=O)[O-])cc4)nnc3s2)[se]c2ncnc(Nc3ccc(F)c(Cl)c3)c12. The molecule has 4 aromatic heterocycles. The number of aromatic nitrogens is 6. The van der Waals surface area contributed by atoms with E-state index in [0.717, 1.165) is 24.8 Å². The molecule has 0 radical (unpaired) electrons. The third-order valence-corrected chi connectivity index (χ3v) is 9.46. The number of hydrogen-bond donors (Lipinski definition) is 1. The third-order valence-electron chi connectivity index (χ3n) is 5.43. The first-order valence-corrected chi connectivity index (χ1v) is 13.2. The van der Waals surface area contributed by atoms with Gasteiger partial charge in [0.1, 0.15) is 0 Å². The van der Waals surface area contributed by atoms with Gasteiger partial charge >= 0.3 is 217 Å². The second-order valence-corrected chi connectivity index (χ2v) is 11.1. The van der Waals surface area contributed by atoms with Gasteiger partial charge in [-0.15, -0.1) is 0 Å². The van der Waals surface area contributed by atoms with Crippen LogP contribution < -0.4 is 5.32 Å². The summed E-state index contributed by atoms with van der Waals surface area (Å²) in [6.07, 6.45) is 1.50. The van der Waals surface area contributed by atoms with Crippen LogP contribution in [-0.2, 0) is 0 Å². The number of anilines is 2. The zero-order valence-corrected chi connectivity index (χ0v) is 21.4. The van der Waals surface area contributed by atoms with Crippen molar-refractivity contribution in [2.45, 2.75) is 6.92 Å². The molecule has 36 heavy (non-hydrogen) atoms. The van der Waals surface area contributed by atoms with Crippen molar-refractivity contribution >= 4 is 69.4 Å². The van der Waals surface area contributed by atoms with Gasteiger partial charge in [0.25, 0.3) is 0 Å². The Morgan fingerprint density at radius 2 is 1.97 bits per heavy atom. The number of fused-ring (bicyclic) bond motifs is 2. The van der Waals surface area contributed by atoms with E-state index in [0.29, 0.717) is 27.9 Å². The van der Waals surface area contributed by atoms with Crippen molar-refractivity contribution in [2.75, 3.05) is 5.32 Å². The Labute approximate surface area is 216 Å². The number of nitrogens with zero attached hydrogens (tertiary/aromatic N) is 7. The molecule has 0 aliphatic rings. The maximum atomic E-state index is 13.6. The number of nitrogens with one attached hydrogen (secondary N) is 1. The monoisotopic (exact) mass is 586 g/mol. The van der Waals surface area contributed by atoms with Crippen molar-refractivity contribution in [3.05, 3.63) is 75.3 Å². The predicted molar refractivity (Wildman–Crippen MR) is 136 cm³/mol. The van der Waals surface area contributed by atoms with Crippen LogP contribution in [0.5, 0.6) is 0 Å². The van der Waals surface area contributed by atoms with Crippen molar-refractivity contribution in [1.29, 1.82) is 0 Å². The fourth-order valence-corrected chi connectivity index (χ4v) is 7.36. The molecule has 178 valence electrons. The second-order valence-electron chi connectivity index (χ2n) is 7.64. The van der Waals surface area contributed by atoms with E-state index in [-0.39, 0.29) is 25.2 Å². The molecule has 2 aromatic carbocycles. The van der Waals surface area contributed by atoms with Crippen LogP contribution in [0.3, 0.4) is 0 Å². The Morgan fingerprint density at radius 1 is 1.17 bits per heavy atom. The van der Waals surface area contributed by atoms with Crippen molar-refractivity contribution in [3.8, 4) is 20.8 Å². The van der Waals surface area contributed by atoms with E-state index in [9.17, 15) is 14.5 Å². The van der Waals surface area contributed by atoms with Gasteiger partial charge in [-0.2, -0.15) is 0 Å². The molecule has 6 aromatic rings. The molecule has 0 saturated carbocycles. The molecular formula is C22H12ClFN8O2SSe. The minimum absolute atomic E-state index is 0.000826. The molecule has 0 aliphatic heterocycles.